The average molecular weight is 526 g/mol. The van der Waals surface area contributed by atoms with Crippen molar-refractivity contribution in [2.24, 2.45) is 0 Å². The molecule has 1 atom stereocenters. The molecule has 9 nitrogen and oxygen atoms in total. The van der Waals surface area contributed by atoms with E-state index in [-0.39, 0.29) is 5.91 Å². The Bertz CT molecular complexity index is 1540. The summed E-state index contributed by atoms with van der Waals surface area (Å²) in [6, 6.07) is 20.4. The lowest BCUT2D eigenvalue weighted by molar-refractivity contribution is -0.113. The Morgan fingerprint density at radius 2 is 1.72 bits per heavy atom. The number of ether oxygens (including phenoxy) is 3. The number of aryl methyl sites for hydroxylation is 1. The molecule has 0 spiro atoms. The zero-order valence-corrected chi connectivity index (χ0v) is 22.6. The second-order valence-electron chi connectivity index (χ2n) is 9.13. The van der Waals surface area contributed by atoms with Crippen LogP contribution in [-0.4, -0.2) is 41.5 Å². The number of carbonyl (C=O) groups is 1. The van der Waals surface area contributed by atoms with Crippen molar-refractivity contribution in [3.05, 3.63) is 89.1 Å². The molecule has 1 aromatic heterocycles. The molecule has 0 radical (unpaired) electrons. The Morgan fingerprint density at radius 3 is 2.44 bits per heavy atom. The Hall–Kier alpha value is -4.79. The Kier molecular flexibility index (Phi) is 7.23. The van der Waals surface area contributed by atoms with E-state index in [9.17, 15) is 4.79 Å². The summed E-state index contributed by atoms with van der Waals surface area (Å²) in [7, 11) is 3.16. The summed E-state index contributed by atoms with van der Waals surface area (Å²) in [6.07, 6.45) is 0. The Morgan fingerprint density at radius 1 is 0.974 bits per heavy atom. The number of para-hydroxylation sites is 2. The summed E-state index contributed by atoms with van der Waals surface area (Å²) in [5, 5.41) is 11.2. The highest BCUT2D eigenvalue weighted by molar-refractivity contribution is 6.06. The van der Waals surface area contributed by atoms with Crippen LogP contribution >= 0.6 is 0 Å². The van der Waals surface area contributed by atoms with Gasteiger partial charge in [-0.1, -0.05) is 48.0 Å². The molecule has 4 aromatic rings. The molecule has 0 saturated carbocycles. The smallest absolute Gasteiger partial charge is 0.255 e. The maximum Gasteiger partial charge on any atom is 0.255 e. The molecular weight excluding hydrogens is 494 g/mol. The molecule has 2 N–H and O–H groups in total. The van der Waals surface area contributed by atoms with Crippen LogP contribution in [0.3, 0.4) is 0 Å². The van der Waals surface area contributed by atoms with Crippen molar-refractivity contribution >= 4 is 17.5 Å². The summed E-state index contributed by atoms with van der Waals surface area (Å²) in [5.74, 6) is 2.55. The standard InChI is InChI=1S/C30H31N5O4/c1-6-39-24-16-15-21(17-25(24)38-5)27-26(29(36)32-22-9-7-8-10-23(22)37-4)19(3)31-30-33-28(34-35(27)30)20-13-11-18(2)12-14-20/h7-17,27H,6H2,1-5H3,(H,32,36)(H,31,33,34). The predicted molar refractivity (Wildman–Crippen MR) is 150 cm³/mol. The van der Waals surface area contributed by atoms with Gasteiger partial charge in [0, 0.05) is 11.3 Å². The maximum atomic E-state index is 13.9. The van der Waals surface area contributed by atoms with Gasteiger partial charge in [-0.25, -0.2) is 4.68 Å². The number of nitrogens with one attached hydrogen (secondary N) is 2. The highest BCUT2D eigenvalue weighted by atomic mass is 16.5. The number of allylic oxidation sites excluding steroid dienone is 1. The van der Waals surface area contributed by atoms with E-state index in [1.807, 2.05) is 75.4 Å². The summed E-state index contributed by atoms with van der Waals surface area (Å²) in [5.41, 5.74) is 4.54. The number of carbonyl (C=O) groups excluding carboxylic acids is 1. The minimum absolute atomic E-state index is 0.291. The molecule has 0 aliphatic carbocycles. The van der Waals surface area contributed by atoms with Gasteiger partial charge in [-0.05, 0) is 50.6 Å². The van der Waals surface area contributed by atoms with E-state index in [0.717, 1.165) is 16.7 Å². The largest absolute Gasteiger partial charge is 0.495 e. The van der Waals surface area contributed by atoms with Gasteiger partial charge in [0.1, 0.15) is 11.8 Å². The SMILES string of the molecule is CCOc1ccc(C2C(C(=O)Nc3ccccc3OC)=C(C)Nc3nc(-c4ccc(C)cc4)nn32)cc1OC. The van der Waals surface area contributed by atoms with Crippen LogP contribution in [0.1, 0.15) is 31.0 Å². The van der Waals surface area contributed by atoms with Crippen molar-refractivity contribution in [3.8, 4) is 28.6 Å². The zero-order valence-electron chi connectivity index (χ0n) is 22.6. The number of amides is 1. The van der Waals surface area contributed by atoms with Crippen LogP contribution in [0, 0.1) is 6.92 Å². The highest BCUT2D eigenvalue weighted by Gasteiger charge is 2.35. The molecule has 2 heterocycles. The molecule has 5 rings (SSSR count). The van der Waals surface area contributed by atoms with Crippen molar-refractivity contribution in [1.82, 2.24) is 14.8 Å². The van der Waals surface area contributed by atoms with Gasteiger partial charge in [0.2, 0.25) is 5.95 Å². The second kappa shape index (κ2) is 10.9. The van der Waals surface area contributed by atoms with E-state index < -0.39 is 6.04 Å². The van der Waals surface area contributed by atoms with Crippen molar-refractivity contribution in [2.45, 2.75) is 26.8 Å². The van der Waals surface area contributed by atoms with Gasteiger partial charge in [0.15, 0.2) is 17.3 Å². The number of anilines is 2. The summed E-state index contributed by atoms with van der Waals surface area (Å²) >= 11 is 0. The lowest BCUT2D eigenvalue weighted by atomic mass is 9.94. The molecule has 200 valence electrons. The minimum Gasteiger partial charge on any atom is -0.495 e. The van der Waals surface area contributed by atoms with Crippen molar-refractivity contribution in [3.63, 3.8) is 0 Å². The van der Waals surface area contributed by atoms with Crippen LogP contribution in [0.25, 0.3) is 11.4 Å². The first kappa shape index (κ1) is 25.8. The normalized spacial score (nSPS) is 14.3. The lowest BCUT2D eigenvalue weighted by Gasteiger charge is -2.29. The minimum atomic E-state index is -0.591. The first-order chi connectivity index (χ1) is 18.9. The number of aromatic nitrogens is 3. The van der Waals surface area contributed by atoms with E-state index >= 15 is 0 Å². The molecule has 3 aromatic carbocycles. The van der Waals surface area contributed by atoms with Gasteiger partial charge >= 0.3 is 0 Å². The predicted octanol–water partition coefficient (Wildman–Crippen LogP) is 5.60. The van der Waals surface area contributed by atoms with E-state index in [1.54, 1.807) is 31.0 Å². The van der Waals surface area contributed by atoms with Crippen molar-refractivity contribution in [1.29, 1.82) is 0 Å². The topological polar surface area (TPSA) is 99.5 Å². The van der Waals surface area contributed by atoms with Crippen LogP contribution in [0.2, 0.25) is 0 Å². The molecule has 1 aliphatic rings. The second-order valence-corrected chi connectivity index (χ2v) is 9.13. The van der Waals surface area contributed by atoms with Crippen LogP contribution in [0.4, 0.5) is 11.6 Å². The van der Waals surface area contributed by atoms with E-state index in [2.05, 4.69) is 10.6 Å². The van der Waals surface area contributed by atoms with Crippen molar-refractivity contribution < 1.29 is 19.0 Å². The molecule has 1 amide bonds. The van der Waals surface area contributed by atoms with Gasteiger partial charge in [0.25, 0.3) is 5.91 Å². The van der Waals surface area contributed by atoms with Gasteiger partial charge in [-0.3, -0.25) is 4.79 Å². The van der Waals surface area contributed by atoms with Gasteiger partial charge in [-0.2, -0.15) is 4.98 Å². The third kappa shape index (κ3) is 5.03. The molecule has 39 heavy (non-hydrogen) atoms. The molecule has 9 heteroatoms. The highest BCUT2D eigenvalue weighted by Crippen LogP contribution is 2.40. The fourth-order valence-corrected chi connectivity index (χ4v) is 4.64. The zero-order chi connectivity index (χ0) is 27.5. The first-order valence-corrected chi connectivity index (χ1v) is 12.7. The monoisotopic (exact) mass is 525 g/mol. The number of methoxy groups -OCH3 is 2. The third-order valence-electron chi connectivity index (χ3n) is 6.57. The quantitative estimate of drug-likeness (QED) is 0.309. The Balaban J connectivity index is 1.62. The molecule has 1 aliphatic heterocycles. The summed E-state index contributed by atoms with van der Waals surface area (Å²) in [4.78, 5) is 18.7. The van der Waals surface area contributed by atoms with Gasteiger partial charge < -0.3 is 24.8 Å². The number of nitrogens with zero attached hydrogens (tertiary/aromatic N) is 3. The average Bonchev–Trinajstić information content (AvgIpc) is 3.36. The van der Waals surface area contributed by atoms with Crippen LogP contribution in [-0.2, 0) is 4.79 Å². The Labute approximate surface area is 227 Å². The van der Waals surface area contributed by atoms with E-state index in [0.29, 0.717) is 52.6 Å². The van der Waals surface area contributed by atoms with Gasteiger partial charge in [0.05, 0.1) is 32.1 Å². The van der Waals surface area contributed by atoms with Crippen LogP contribution < -0.4 is 24.8 Å². The molecule has 0 fully saturated rings. The van der Waals surface area contributed by atoms with Crippen LogP contribution in [0.5, 0.6) is 17.2 Å². The lowest BCUT2D eigenvalue weighted by Crippen LogP contribution is -2.31. The first-order valence-electron chi connectivity index (χ1n) is 12.7. The van der Waals surface area contributed by atoms with Crippen molar-refractivity contribution in [2.75, 3.05) is 31.5 Å². The molecule has 1 unspecified atom stereocenters. The maximum absolute atomic E-state index is 13.9. The molecule has 0 saturated heterocycles. The summed E-state index contributed by atoms with van der Waals surface area (Å²) in [6.45, 7) is 6.31. The number of benzene rings is 3. The van der Waals surface area contributed by atoms with E-state index in [1.165, 1.54) is 0 Å². The molecular formula is C30H31N5O4. The summed E-state index contributed by atoms with van der Waals surface area (Å²) < 4.78 is 18.6. The number of hydrogen-bond acceptors (Lipinski definition) is 7. The fourth-order valence-electron chi connectivity index (χ4n) is 4.64. The molecule has 0 bridgehead atoms. The number of fused-ring (bicyclic) bond motifs is 1. The fraction of sp³-hybridized carbons (Fsp3) is 0.233. The third-order valence-corrected chi connectivity index (χ3v) is 6.57. The number of rotatable bonds is 8. The van der Waals surface area contributed by atoms with Crippen LogP contribution in [0.15, 0.2) is 78.0 Å². The number of hydrogen-bond donors (Lipinski definition) is 2. The van der Waals surface area contributed by atoms with Gasteiger partial charge in [-0.15, -0.1) is 5.10 Å². The van der Waals surface area contributed by atoms with E-state index in [4.69, 9.17) is 24.3 Å².